The van der Waals surface area contributed by atoms with Gasteiger partial charge in [0.25, 0.3) is 0 Å². The molecule has 2 rings (SSSR count). The van der Waals surface area contributed by atoms with Crippen molar-refractivity contribution in [2.45, 2.75) is 32.2 Å². The molecule has 1 aromatic rings. The van der Waals surface area contributed by atoms with E-state index in [9.17, 15) is 9.59 Å². The van der Waals surface area contributed by atoms with Crippen LogP contribution >= 0.6 is 0 Å². The van der Waals surface area contributed by atoms with Crippen LogP contribution in [0.15, 0.2) is 24.4 Å². The molecule has 0 radical (unpaired) electrons. The summed E-state index contributed by atoms with van der Waals surface area (Å²) in [5, 5.41) is 2.79. The van der Waals surface area contributed by atoms with Crippen molar-refractivity contribution < 1.29 is 9.59 Å². The van der Waals surface area contributed by atoms with E-state index < -0.39 is 0 Å². The third-order valence-corrected chi connectivity index (χ3v) is 3.20. The molecule has 5 heteroatoms. The second kappa shape index (κ2) is 6.87. The Labute approximate surface area is 113 Å². The van der Waals surface area contributed by atoms with Crippen molar-refractivity contribution in [3.05, 3.63) is 30.1 Å². The predicted octanol–water partition coefficient (Wildman–Crippen LogP) is 1.10. The van der Waals surface area contributed by atoms with E-state index in [0.717, 1.165) is 25.0 Å². The number of hydrogen-bond acceptors (Lipinski definition) is 3. The number of rotatable bonds is 4. The van der Waals surface area contributed by atoms with Crippen LogP contribution in [0.4, 0.5) is 0 Å². The summed E-state index contributed by atoms with van der Waals surface area (Å²) in [4.78, 5) is 29.4. The molecule has 1 aromatic heterocycles. The number of likely N-dealkylation sites (tertiary alicyclic amines) is 1. The molecule has 0 aromatic carbocycles. The van der Waals surface area contributed by atoms with Crippen molar-refractivity contribution >= 4 is 11.8 Å². The number of carbonyl (C=O) groups is 2. The van der Waals surface area contributed by atoms with Crippen molar-refractivity contribution in [3.8, 4) is 0 Å². The molecule has 0 bridgehead atoms. The molecule has 0 atom stereocenters. The maximum Gasteiger partial charge on any atom is 0.239 e. The lowest BCUT2D eigenvalue weighted by molar-refractivity contribution is -0.135. The molecule has 0 saturated carbocycles. The van der Waals surface area contributed by atoms with Gasteiger partial charge >= 0.3 is 0 Å². The number of aromatic nitrogens is 1. The van der Waals surface area contributed by atoms with Crippen LogP contribution in [-0.4, -0.2) is 34.8 Å². The topological polar surface area (TPSA) is 62.3 Å². The zero-order chi connectivity index (χ0) is 13.5. The largest absolute Gasteiger partial charge is 0.349 e. The monoisotopic (exact) mass is 261 g/mol. The molecule has 1 fully saturated rings. The molecule has 1 N–H and O–H groups in total. The first-order chi connectivity index (χ1) is 9.25. The SMILES string of the molecule is O=C(CN1CCCCCC1=O)NCc1ccccn1. The molecule has 19 heavy (non-hydrogen) atoms. The minimum absolute atomic E-state index is 0.0884. The van der Waals surface area contributed by atoms with Crippen LogP contribution < -0.4 is 5.32 Å². The van der Waals surface area contributed by atoms with Gasteiger partial charge in [0.15, 0.2) is 0 Å². The lowest BCUT2D eigenvalue weighted by atomic mass is 10.2. The average Bonchev–Trinajstić information content (AvgIpc) is 2.63. The molecular weight excluding hydrogens is 242 g/mol. The first-order valence-corrected chi connectivity index (χ1v) is 6.70. The van der Waals surface area contributed by atoms with Gasteiger partial charge in [-0.15, -0.1) is 0 Å². The second-order valence-electron chi connectivity index (χ2n) is 4.72. The zero-order valence-corrected chi connectivity index (χ0v) is 11.0. The van der Waals surface area contributed by atoms with Crippen LogP contribution in [-0.2, 0) is 16.1 Å². The van der Waals surface area contributed by atoms with E-state index in [4.69, 9.17) is 0 Å². The molecule has 5 nitrogen and oxygen atoms in total. The summed E-state index contributed by atoms with van der Waals surface area (Å²) in [6, 6.07) is 5.57. The third kappa shape index (κ3) is 4.35. The normalized spacial score (nSPS) is 16.0. The lowest BCUT2D eigenvalue weighted by Crippen LogP contribution is -2.40. The fraction of sp³-hybridized carbons (Fsp3) is 0.500. The Morgan fingerprint density at radius 3 is 3.00 bits per heavy atom. The molecule has 0 unspecified atom stereocenters. The molecule has 0 aliphatic carbocycles. The molecule has 102 valence electrons. The van der Waals surface area contributed by atoms with Crippen molar-refractivity contribution in [2.75, 3.05) is 13.1 Å². The van der Waals surface area contributed by atoms with Crippen LogP contribution in [0.5, 0.6) is 0 Å². The smallest absolute Gasteiger partial charge is 0.239 e. The number of pyridine rings is 1. The quantitative estimate of drug-likeness (QED) is 0.883. The minimum atomic E-state index is -0.124. The van der Waals surface area contributed by atoms with Crippen LogP contribution in [0.25, 0.3) is 0 Å². The van der Waals surface area contributed by atoms with Crippen LogP contribution in [0.2, 0.25) is 0 Å². The maximum absolute atomic E-state index is 11.8. The van der Waals surface area contributed by atoms with Crippen molar-refractivity contribution in [3.63, 3.8) is 0 Å². The summed E-state index contributed by atoms with van der Waals surface area (Å²) in [5.41, 5.74) is 0.818. The van der Waals surface area contributed by atoms with E-state index in [1.54, 1.807) is 11.1 Å². The maximum atomic E-state index is 11.8. The highest BCUT2D eigenvalue weighted by molar-refractivity contribution is 5.84. The van der Waals surface area contributed by atoms with Crippen LogP contribution in [0, 0.1) is 0 Å². The highest BCUT2D eigenvalue weighted by Crippen LogP contribution is 2.10. The fourth-order valence-corrected chi connectivity index (χ4v) is 2.13. The molecule has 2 amide bonds. The van der Waals surface area contributed by atoms with Gasteiger partial charge in [0.2, 0.25) is 11.8 Å². The number of hydrogen-bond donors (Lipinski definition) is 1. The van der Waals surface area contributed by atoms with Gasteiger partial charge in [-0.05, 0) is 25.0 Å². The average molecular weight is 261 g/mol. The van der Waals surface area contributed by atoms with Crippen molar-refractivity contribution in [1.29, 1.82) is 0 Å². The van der Waals surface area contributed by atoms with Gasteiger partial charge in [-0.1, -0.05) is 12.5 Å². The van der Waals surface area contributed by atoms with Crippen LogP contribution in [0.3, 0.4) is 0 Å². The molecule has 1 aliphatic rings. The van der Waals surface area contributed by atoms with E-state index >= 15 is 0 Å². The Morgan fingerprint density at radius 1 is 1.32 bits per heavy atom. The summed E-state index contributed by atoms with van der Waals surface area (Å²) in [6.45, 7) is 1.25. The summed E-state index contributed by atoms with van der Waals surface area (Å²) in [7, 11) is 0. The molecule has 0 spiro atoms. The summed E-state index contributed by atoms with van der Waals surface area (Å²) in [5.74, 6) is -0.0358. The number of carbonyl (C=O) groups excluding carboxylic acids is 2. The Balaban J connectivity index is 1.79. The molecule has 1 saturated heterocycles. The molecular formula is C14H19N3O2. The molecule has 2 heterocycles. The third-order valence-electron chi connectivity index (χ3n) is 3.20. The summed E-state index contributed by atoms with van der Waals surface area (Å²) < 4.78 is 0. The highest BCUT2D eigenvalue weighted by Gasteiger charge is 2.18. The Hall–Kier alpha value is -1.91. The van der Waals surface area contributed by atoms with Gasteiger partial charge in [0.1, 0.15) is 0 Å². The van der Waals surface area contributed by atoms with E-state index in [-0.39, 0.29) is 18.4 Å². The number of nitrogens with zero attached hydrogens (tertiary/aromatic N) is 2. The van der Waals surface area contributed by atoms with Gasteiger partial charge in [-0.2, -0.15) is 0 Å². The van der Waals surface area contributed by atoms with Gasteiger partial charge in [-0.3, -0.25) is 14.6 Å². The standard InChI is InChI=1S/C14H19N3O2/c18-13(16-10-12-6-3-4-8-15-12)11-17-9-5-1-2-7-14(17)19/h3-4,6,8H,1-2,5,7,9-11H2,(H,16,18). The van der Waals surface area contributed by atoms with Crippen LogP contribution in [0.1, 0.15) is 31.4 Å². The fourth-order valence-electron chi connectivity index (χ4n) is 2.13. The first kappa shape index (κ1) is 13.5. The van der Waals surface area contributed by atoms with E-state index in [1.807, 2.05) is 18.2 Å². The van der Waals surface area contributed by atoms with Gasteiger partial charge in [-0.25, -0.2) is 0 Å². The second-order valence-corrected chi connectivity index (χ2v) is 4.72. The van der Waals surface area contributed by atoms with Gasteiger partial charge < -0.3 is 10.2 Å². The summed E-state index contributed by atoms with van der Waals surface area (Å²) in [6.07, 6.45) is 5.25. The predicted molar refractivity (Wildman–Crippen MR) is 71.1 cm³/mol. The summed E-state index contributed by atoms with van der Waals surface area (Å²) >= 11 is 0. The highest BCUT2D eigenvalue weighted by atomic mass is 16.2. The van der Waals surface area contributed by atoms with Gasteiger partial charge in [0, 0.05) is 19.2 Å². The molecule has 1 aliphatic heterocycles. The van der Waals surface area contributed by atoms with Crippen molar-refractivity contribution in [2.24, 2.45) is 0 Å². The number of amides is 2. The van der Waals surface area contributed by atoms with E-state index in [0.29, 0.717) is 19.5 Å². The van der Waals surface area contributed by atoms with E-state index in [2.05, 4.69) is 10.3 Å². The Kier molecular flexibility index (Phi) is 4.89. The zero-order valence-electron chi connectivity index (χ0n) is 11.0. The van der Waals surface area contributed by atoms with Crippen molar-refractivity contribution in [1.82, 2.24) is 15.2 Å². The first-order valence-electron chi connectivity index (χ1n) is 6.70. The lowest BCUT2D eigenvalue weighted by Gasteiger charge is -2.19. The Bertz CT molecular complexity index is 434. The van der Waals surface area contributed by atoms with E-state index in [1.165, 1.54) is 0 Å². The Morgan fingerprint density at radius 2 is 2.21 bits per heavy atom. The number of nitrogens with one attached hydrogen (secondary N) is 1. The van der Waals surface area contributed by atoms with Gasteiger partial charge in [0.05, 0.1) is 18.8 Å². The minimum Gasteiger partial charge on any atom is -0.349 e.